The standard InChI is InChI=1S/C17H23NO4/c1-21-16(19)15(14-10-6-3-7-11-14)18-17(20)22-12-13-8-4-2-5-9-13/h2,4-5,8-9,14-15H,3,6-7,10-12H2,1H3,(H,18,20). The maximum absolute atomic E-state index is 11.9. The van der Waals surface area contributed by atoms with E-state index >= 15 is 0 Å². The Labute approximate surface area is 131 Å². The molecule has 1 aromatic carbocycles. The zero-order valence-corrected chi connectivity index (χ0v) is 12.9. The Morgan fingerprint density at radius 2 is 1.86 bits per heavy atom. The van der Waals surface area contributed by atoms with Crippen LogP contribution in [0, 0.1) is 5.92 Å². The van der Waals surface area contributed by atoms with Gasteiger partial charge in [0.25, 0.3) is 0 Å². The molecule has 22 heavy (non-hydrogen) atoms. The summed E-state index contributed by atoms with van der Waals surface area (Å²) in [6.07, 6.45) is 4.63. The molecule has 1 amide bonds. The number of alkyl carbamates (subject to hydrolysis) is 1. The van der Waals surface area contributed by atoms with Gasteiger partial charge in [0.05, 0.1) is 7.11 Å². The lowest BCUT2D eigenvalue weighted by Crippen LogP contribution is -2.47. The average Bonchev–Trinajstić information content (AvgIpc) is 2.59. The van der Waals surface area contributed by atoms with Crippen LogP contribution in [0.5, 0.6) is 0 Å². The lowest BCUT2D eigenvalue weighted by Gasteiger charge is -2.28. The highest BCUT2D eigenvalue weighted by atomic mass is 16.6. The number of methoxy groups -OCH3 is 1. The number of nitrogens with one attached hydrogen (secondary N) is 1. The van der Waals surface area contributed by atoms with Gasteiger partial charge in [-0.05, 0) is 24.3 Å². The first-order valence-electron chi connectivity index (χ1n) is 7.75. The second kappa shape index (κ2) is 8.41. The SMILES string of the molecule is COC(=O)C(NC(=O)OCc1ccccc1)C1CCCCC1. The van der Waals surface area contributed by atoms with Crippen LogP contribution in [-0.4, -0.2) is 25.2 Å². The molecule has 0 aliphatic heterocycles. The molecule has 1 fully saturated rings. The monoisotopic (exact) mass is 305 g/mol. The van der Waals surface area contributed by atoms with Crippen molar-refractivity contribution in [2.45, 2.75) is 44.8 Å². The third-order valence-corrected chi connectivity index (χ3v) is 4.06. The molecule has 2 rings (SSSR count). The van der Waals surface area contributed by atoms with Crippen molar-refractivity contribution in [2.75, 3.05) is 7.11 Å². The minimum Gasteiger partial charge on any atom is -0.467 e. The van der Waals surface area contributed by atoms with Crippen molar-refractivity contribution in [3.8, 4) is 0 Å². The van der Waals surface area contributed by atoms with Gasteiger partial charge in [0, 0.05) is 0 Å². The second-order valence-corrected chi connectivity index (χ2v) is 5.60. The third-order valence-electron chi connectivity index (χ3n) is 4.06. The van der Waals surface area contributed by atoms with Gasteiger partial charge in [0.15, 0.2) is 0 Å². The summed E-state index contributed by atoms with van der Waals surface area (Å²) < 4.78 is 10.0. The van der Waals surface area contributed by atoms with Gasteiger partial charge in [0.2, 0.25) is 0 Å². The minimum absolute atomic E-state index is 0.130. The summed E-state index contributed by atoms with van der Waals surface area (Å²) >= 11 is 0. The number of amides is 1. The zero-order valence-electron chi connectivity index (χ0n) is 12.9. The molecular formula is C17H23NO4. The van der Waals surface area contributed by atoms with E-state index in [0.717, 1.165) is 31.2 Å². The largest absolute Gasteiger partial charge is 0.467 e. The highest BCUT2D eigenvalue weighted by Gasteiger charge is 2.32. The summed E-state index contributed by atoms with van der Waals surface area (Å²) in [6, 6.07) is 8.82. The van der Waals surface area contributed by atoms with E-state index in [1.54, 1.807) is 0 Å². The summed E-state index contributed by atoms with van der Waals surface area (Å²) in [4.78, 5) is 23.9. The molecule has 1 aromatic rings. The van der Waals surface area contributed by atoms with Gasteiger partial charge < -0.3 is 14.8 Å². The van der Waals surface area contributed by atoms with Crippen LogP contribution < -0.4 is 5.32 Å². The molecule has 1 saturated carbocycles. The molecule has 0 spiro atoms. The van der Waals surface area contributed by atoms with Gasteiger partial charge in [0.1, 0.15) is 12.6 Å². The maximum atomic E-state index is 11.9. The number of benzene rings is 1. The van der Waals surface area contributed by atoms with E-state index in [1.165, 1.54) is 13.5 Å². The Hall–Kier alpha value is -2.04. The van der Waals surface area contributed by atoms with Gasteiger partial charge in [-0.1, -0.05) is 49.6 Å². The lowest BCUT2D eigenvalue weighted by atomic mass is 9.84. The summed E-state index contributed by atoms with van der Waals surface area (Å²) in [5, 5.41) is 2.67. The molecule has 1 unspecified atom stereocenters. The van der Waals surface area contributed by atoms with Crippen molar-refractivity contribution in [2.24, 2.45) is 5.92 Å². The molecule has 1 atom stereocenters. The van der Waals surface area contributed by atoms with Crippen molar-refractivity contribution in [3.63, 3.8) is 0 Å². The summed E-state index contributed by atoms with van der Waals surface area (Å²) in [6.45, 7) is 0.186. The van der Waals surface area contributed by atoms with Crippen molar-refractivity contribution in [1.29, 1.82) is 0 Å². The summed E-state index contributed by atoms with van der Waals surface area (Å²) in [5.41, 5.74) is 0.907. The predicted octanol–water partition coefficient (Wildman–Crippen LogP) is 3.03. The molecule has 0 heterocycles. The Kier molecular flexibility index (Phi) is 6.25. The van der Waals surface area contributed by atoms with Crippen molar-refractivity contribution < 1.29 is 19.1 Å². The number of ether oxygens (including phenoxy) is 2. The predicted molar refractivity (Wildman–Crippen MR) is 82.1 cm³/mol. The van der Waals surface area contributed by atoms with Gasteiger partial charge in [-0.2, -0.15) is 0 Å². The Balaban J connectivity index is 1.88. The van der Waals surface area contributed by atoms with Crippen LogP contribution in [0.15, 0.2) is 30.3 Å². The van der Waals surface area contributed by atoms with E-state index in [4.69, 9.17) is 9.47 Å². The van der Waals surface area contributed by atoms with Gasteiger partial charge in [-0.25, -0.2) is 9.59 Å². The van der Waals surface area contributed by atoms with E-state index in [0.29, 0.717) is 0 Å². The molecule has 5 nitrogen and oxygen atoms in total. The van der Waals surface area contributed by atoms with Gasteiger partial charge in [-0.15, -0.1) is 0 Å². The minimum atomic E-state index is -0.617. The van der Waals surface area contributed by atoms with Gasteiger partial charge in [-0.3, -0.25) is 0 Å². The summed E-state index contributed by atoms with van der Waals surface area (Å²) in [7, 11) is 1.34. The fourth-order valence-electron chi connectivity index (χ4n) is 2.86. The quantitative estimate of drug-likeness (QED) is 0.849. The van der Waals surface area contributed by atoms with Crippen LogP contribution in [0.25, 0.3) is 0 Å². The number of rotatable bonds is 5. The fourth-order valence-corrected chi connectivity index (χ4v) is 2.86. The number of esters is 1. The summed E-state index contributed by atoms with van der Waals surface area (Å²) in [5.74, 6) is -0.269. The Morgan fingerprint density at radius 1 is 1.18 bits per heavy atom. The number of carbonyl (C=O) groups is 2. The lowest BCUT2D eigenvalue weighted by molar-refractivity contribution is -0.144. The van der Waals surface area contributed by atoms with Gasteiger partial charge >= 0.3 is 12.1 Å². The van der Waals surface area contributed by atoms with E-state index in [9.17, 15) is 9.59 Å². The number of carbonyl (C=O) groups excluding carboxylic acids is 2. The van der Waals surface area contributed by atoms with E-state index < -0.39 is 18.1 Å². The molecule has 5 heteroatoms. The van der Waals surface area contributed by atoms with E-state index in [-0.39, 0.29) is 12.5 Å². The van der Waals surface area contributed by atoms with Crippen LogP contribution >= 0.6 is 0 Å². The number of hydrogen-bond donors (Lipinski definition) is 1. The van der Waals surface area contributed by atoms with Crippen molar-refractivity contribution in [1.82, 2.24) is 5.32 Å². The van der Waals surface area contributed by atoms with Crippen molar-refractivity contribution in [3.05, 3.63) is 35.9 Å². The molecule has 120 valence electrons. The average molecular weight is 305 g/mol. The highest BCUT2D eigenvalue weighted by molar-refractivity contribution is 5.81. The smallest absolute Gasteiger partial charge is 0.408 e. The van der Waals surface area contributed by atoms with E-state index in [2.05, 4.69) is 5.32 Å². The Morgan fingerprint density at radius 3 is 2.50 bits per heavy atom. The fraction of sp³-hybridized carbons (Fsp3) is 0.529. The molecule has 1 aliphatic carbocycles. The zero-order chi connectivity index (χ0) is 15.8. The molecule has 0 aromatic heterocycles. The first-order chi connectivity index (χ1) is 10.7. The topological polar surface area (TPSA) is 64.6 Å². The van der Waals surface area contributed by atoms with Crippen LogP contribution in [0.1, 0.15) is 37.7 Å². The van der Waals surface area contributed by atoms with Crippen LogP contribution in [-0.2, 0) is 20.9 Å². The normalized spacial score (nSPS) is 16.6. The maximum Gasteiger partial charge on any atom is 0.408 e. The van der Waals surface area contributed by atoms with Crippen LogP contribution in [0.4, 0.5) is 4.79 Å². The molecular weight excluding hydrogens is 282 g/mol. The molecule has 1 N–H and O–H groups in total. The highest BCUT2D eigenvalue weighted by Crippen LogP contribution is 2.27. The first kappa shape index (κ1) is 16.3. The number of hydrogen-bond acceptors (Lipinski definition) is 4. The molecule has 0 saturated heterocycles. The second-order valence-electron chi connectivity index (χ2n) is 5.60. The van der Waals surface area contributed by atoms with Crippen molar-refractivity contribution >= 4 is 12.1 Å². The molecule has 0 radical (unpaired) electrons. The molecule has 1 aliphatic rings. The Bertz CT molecular complexity index is 483. The van der Waals surface area contributed by atoms with Crippen LogP contribution in [0.3, 0.4) is 0 Å². The van der Waals surface area contributed by atoms with E-state index in [1.807, 2.05) is 30.3 Å². The first-order valence-corrected chi connectivity index (χ1v) is 7.75. The molecule has 0 bridgehead atoms. The third kappa shape index (κ3) is 4.76. The van der Waals surface area contributed by atoms with Crippen LogP contribution in [0.2, 0.25) is 0 Å².